The van der Waals surface area contributed by atoms with Gasteiger partial charge in [0.15, 0.2) is 0 Å². The molecule has 0 amide bonds. The van der Waals surface area contributed by atoms with Crippen LogP contribution in [0.3, 0.4) is 0 Å². The average molecular weight is 781 g/mol. The van der Waals surface area contributed by atoms with Gasteiger partial charge in [0.2, 0.25) is 0 Å². The Morgan fingerprint density at radius 2 is 1.30 bits per heavy atom. The minimum Gasteiger partial charge on any atom is -0.310 e. The second-order valence-electron chi connectivity index (χ2n) is 17.5. The van der Waals surface area contributed by atoms with E-state index in [0.29, 0.717) is 0 Å². The molecule has 0 fully saturated rings. The van der Waals surface area contributed by atoms with Gasteiger partial charge in [-0.15, -0.1) is 0 Å². The monoisotopic (exact) mass is 780 g/mol. The fourth-order valence-electron chi connectivity index (χ4n) is 9.21. The first-order chi connectivity index (χ1) is 28.9. The summed E-state index contributed by atoms with van der Waals surface area (Å²) in [5.74, 6) is 0. The van der Waals surface area contributed by atoms with Gasteiger partial charge in [-0.05, 0) is 114 Å². The van der Waals surface area contributed by atoms with E-state index in [1.807, 2.05) is 12.2 Å². The van der Waals surface area contributed by atoms with E-state index in [2.05, 4.69) is 212 Å². The number of aliphatic imine (C=N–C) groups is 1. The Morgan fingerprint density at radius 1 is 0.650 bits per heavy atom. The van der Waals surface area contributed by atoms with Gasteiger partial charge in [-0.25, -0.2) is 0 Å². The molecule has 60 heavy (non-hydrogen) atoms. The minimum atomic E-state index is -0.135. The molecule has 0 atom stereocenters. The third-order valence-corrected chi connectivity index (χ3v) is 12.5. The van der Waals surface area contributed by atoms with Gasteiger partial charge in [0.05, 0.1) is 16.9 Å². The highest BCUT2D eigenvalue weighted by molar-refractivity contribution is 6.13. The molecule has 0 saturated carbocycles. The average Bonchev–Trinajstić information content (AvgIpc) is 3.81. The fourth-order valence-corrected chi connectivity index (χ4v) is 9.21. The van der Waals surface area contributed by atoms with Crippen LogP contribution in [0, 0.1) is 20.8 Å². The first kappa shape index (κ1) is 40.3. The Labute approximate surface area is 357 Å². The van der Waals surface area contributed by atoms with Crippen LogP contribution >= 0.6 is 0 Å². The van der Waals surface area contributed by atoms with Crippen molar-refractivity contribution in [3.05, 3.63) is 227 Å². The summed E-state index contributed by atoms with van der Waals surface area (Å²) in [6.45, 7) is 23.1. The summed E-state index contributed by atoms with van der Waals surface area (Å²) in [5.41, 5.74) is 22.0. The molecule has 0 saturated heterocycles. The first-order valence-corrected chi connectivity index (χ1v) is 21.3. The third-order valence-electron chi connectivity index (χ3n) is 12.5. The maximum absolute atomic E-state index is 5.16. The van der Waals surface area contributed by atoms with E-state index in [-0.39, 0.29) is 10.8 Å². The Morgan fingerprint density at radius 3 is 2.00 bits per heavy atom. The van der Waals surface area contributed by atoms with Crippen molar-refractivity contribution >= 4 is 34.0 Å². The summed E-state index contributed by atoms with van der Waals surface area (Å²) in [5, 5.41) is 1.34. The zero-order chi connectivity index (χ0) is 42.2. The molecule has 1 aromatic heterocycles. The number of aromatic nitrogens is 1. The zero-order valence-electron chi connectivity index (χ0n) is 36.3. The Balaban J connectivity index is 0.000000143. The minimum absolute atomic E-state index is 0.135. The molecule has 0 N–H and O–H groups in total. The van der Waals surface area contributed by atoms with Crippen LogP contribution in [0.2, 0.25) is 0 Å². The summed E-state index contributed by atoms with van der Waals surface area (Å²) >= 11 is 0. The number of allylic oxidation sites excluding steroid dienone is 5. The van der Waals surface area contributed by atoms with E-state index in [1.165, 1.54) is 83.5 Å². The Hall–Kier alpha value is -6.51. The van der Waals surface area contributed by atoms with Crippen molar-refractivity contribution in [1.29, 1.82) is 0 Å². The number of hydrogen-bond acceptors (Lipinski definition) is 1. The van der Waals surface area contributed by atoms with Crippen LogP contribution in [-0.2, 0) is 17.3 Å². The molecule has 6 aromatic carbocycles. The first-order valence-electron chi connectivity index (χ1n) is 21.3. The highest BCUT2D eigenvalue weighted by Gasteiger charge is 2.37. The summed E-state index contributed by atoms with van der Waals surface area (Å²) in [6, 6.07) is 48.1. The highest BCUT2D eigenvalue weighted by Crippen LogP contribution is 2.49. The fraction of sp³-hybridized carbons (Fsp3) is 0.190. The maximum atomic E-state index is 5.16. The van der Waals surface area contributed by atoms with Crippen molar-refractivity contribution in [2.24, 2.45) is 4.99 Å². The SMILES string of the molecule is C=C/C=C(\C=C)c1ccc(C)cc1.Cc1ccc(-n2c3c(c4cc5c(cc42)C(C)(C)C(c2ccccc2)=N5)CCC=C3)cc1.Cc1ccc2c(c1)C(C)(C)c1ccccc1-2. The van der Waals surface area contributed by atoms with Crippen molar-refractivity contribution in [2.75, 3.05) is 0 Å². The molecule has 0 unspecified atom stereocenters. The second kappa shape index (κ2) is 16.3. The molecule has 0 bridgehead atoms. The van der Waals surface area contributed by atoms with E-state index in [4.69, 9.17) is 4.99 Å². The molecule has 2 heterocycles. The molecule has 298 valence electrons. The summed E-state index contributed by atoms with van der Waals surface area (Å²) in [7, 11) is 0. The summed E-state index contributed by atoms with van der Waals surface area (Å²) in [6.07, 6.45) is 12.4. The van der Waals surface area contributed by atoms with Crippen LogP contribution in [0.5, 0.6) is 0 Å². The van der Waals surface area contributed by atoms with E-state index >= 15 is 0 Å². The molecule has 2 aliphatic carbocycles. The highest BCUT2D eigenvalue weighted by atomic mass is 15.0. The van der Waals surface area contributed by atoms with Gasteiger partial charge in [0, 0.05) is 27.6 Å². The van der Waals surface area contributed by atoms with Gasteiger partial charge in [-0.1, -0.05) is 191 Å². The number of nitrogens with zero attached hydrogens (tertiary/aromatic N) is 2. The van der Waals surface area contributed by atoms with Gasteiger partial charge in [-0.2, -0.15) is 0 Å². The van der Waals surface area contributed by atoms with E-state index < -0.39 is 0 Å². The molecule has 0 spiro atoms. The lowest BCUT2D eigenvalue weighted by Gasteiger charge is -2.23. The molecule has 7 aromatic rings. The molecule has 10 rings (SSSR count). The van der Waals surface area contributed by atoms with Gasteiger partial charge in [0.1, 0.15) is 0 Å². The molecule has 2 nitrogen and oxygen atoms in total. The predicted molar refractivity (Wildman–Crippen MR) is 259 cm³/mol. The third kappa shape index (κ3) is 7.37. The van der Waals surface area contributed by atoms with Crippen LogP contribution in [0.4, 0.5) is 5.69 Å². The van der Waals surface area contributed by atoms with Crippen LogP contribution in [0.15, 0.2) is 176 Å². The van der Waals surface area contributed by atoms with Crippen LogP contribution in [0.1, 0.15) is 89.9 Å². The van der Waals surface area contributed by atoms with E-state index in [0.717, 1.165) is 29.8 Å². The van der Waals surface area contributed by atoms with E-state index in [1.54, 1.807) is 6.08 Å². The maximum Gasteiger partial charge on any atom is 0.0682 e. The second-order valence-corrected chi connectivity index (χ2v) is 17.5. The number of fused-ring (bicyclic) bond motifs is 7. The lowest BCUT2D eigenvalue weighted by atomic mass is 9.78. The van der Waals surface area contributed by atoms with Gasteiger partial charge in [0.25, 0.3) is 0 Å². The van der Waals surface area contributed by atoms with Crippen molar-refractivity contribution in [3.8, 4) is 16.8 Å². The largest absolute Gasteiger partial charge is 0.310 e. The number of rotatable bonds is 5. The molecule has 1 aliphatic heterocycles. The standard InChI is InChI=1S/C29H26N2.C16H16.C13H14/c1-19-13-15-21(16-14-19)31-26-12-8-7-11-22(26)23-17-25-24(18-27(23)31)29(2,3)28(30-25)20-9-5-4-6-10-20;1-11-8-9-13-12-6-4-5-7-14(12)16(2,3)15(13)10-11;1-4-6-12(5-2)13-9-7-11(3)8-10-13/h4-6,8-10,12-18H,7,11H2,1-3H3;4-10H,1-3H3;4-10H,1-2H2,3H3/b;;12-6+. The van der Waals surface area contributed by atoms with Crippen LogP contribution in [-0.4, -0.2) is 10.3 Å². The summed E-state index contributed by atoms with van der Waals surface area (Å²) < 4.78 is 2.44. The Bertz CT molecular complexity index is 2830. The lowest BCUT2D eigenvalue weighted by molar-refractivity contribution is 0.660. The molecular formula is C58H56N2. The van der Waals surface area contributed by atoms with Gasteiger partial charge < -0.3 is 4.57 Å². The summed E-state index contributed by atoms with van der Waals surface area (Å²) in [4.78, 5) is 5.16. The van der Waals surface area contributed by atoms with Crippen LogP contribution < -0.4 is 0 Å². The smallest absolute Gasteiger partial charge is 0.0682 e. The van der Waals surface area contributed by atoms with Crippen molar-refractivity contribution in [1.82, 2.24) is 4.57 Å². The zero-order valence-corrected chi connectivity index (χ0v) is 36.3. The van der Waals surface area contributed by atoms with Crippen LogP contribution in [0.25, 0.3) is 39.4 Å². The van der Waals surface area contributed by atoms with Gasteiger partial charge >= 0.3 is 0 Å². The molecule has 0 radical (unpaired) electrons. The van der Waals surface area contributed by atoms with Crippen molar-refractivity contribution in [3.63, 3.8) is 0 Å². The van der Waals surface area contributed by atoms with Crippen molar-refractivity contribution in [2.45, 2.75) is 72.1 Å². The molecule has 2 heteroatoms. The van der Waals surface area contributed by atoms with E-state index in [9.17, 15) is 0 Å². The van der Waals surface area contributed by atoms with Crippen molar-refractivity contribution < 1.29 is 0 Å². The number of benzene rings is 6. The predicted octanol–water partition coefficient (Wildman–Crippen LogP) is 15.4. The Kier molecular flexibility index (Phi) is 10.9. The number of aryl methyl sites for hydroxylation is 4. The number of hydrogen-bond donors (Lipinski definition) is 0. The topological polar surface area (TPSA) is 17.3 Å². The lowest BCUT2D eigenvalue weighted by Crippen LogP contribution is -2.26. The van der Waals surface area contributed by atoms with Gasteiger partial charge in [-0.3, -0.25) is 4.99 Å². The molecular weight excluding hydrogens is 725 g/mol. The normalized spacial score (nSPS) is 15.0. The molecule has 3 aliphatic rings. The quantitative estimate of drug-likeness (QED) is 0.155.